The fourth-order valence-corrected chi connectivity index (χ4v) is 3.54. The molecule has 0 heterocycles. The maximum absolute atomic E-state index is 9.27. The van der Waals surface area contributed by atoms with Crippen molar-refractivity contribution in [3.05, 3.63) is 29.3 Å². The fourth-order valence-electron chi connectivity index (χ4n) is 3.54. The monoisotopic (exact) mass is 227 g/mol. The van der Waals surface area contributed by atoms with Crippen molar-refractivity contribution in [2.24, 2.45) is 5.92 Å². The molecule has 1 fully saturated rings. The van der Waals surface area contributed by atoms with Crippen molar-refractivity contribution >= 4 is 0 Å². The average molecular weight is 227 g/mol. The molecule has 2 aliphatic carbocycles. The van der Waals surface area contributed by atoms with E-state index in [0.717, 1.165) is 18.6 Å². The molecule has 0 aliphatic heterocycles. The summed E-state index contributed by atoms with van der Waals surface area (Å²) in [6, 6.07) is 8.89. The van der Waals surface area contributed by atoms with Crippen LogP contribution in [0.2, 0.25) is 0 Å². The second-order valence-corrected chi connectivity index (χ2v) is 5.25. The Labute approximate surface area is 102 Å². The van der Waals surface area contributed by atoms with Crippen molar-refractivity contribution in [2.75, 3.05) is 7.11 Å². The summed E-state index contributed by atoms with van der Waals surface area (Å²) >= 11 is 0. The van der Waals surface area contributed by atoms with Crippen LogP contribution >= 0.6 is 0 Å². The van der Waals surface area contributed by atoms with E-state index in [1.165, 1.54) is 30.4 Å². The quantitative estimate of drug-likeness (QED) is 0.738. The Morgan fingerprint density at radius 1 is 1.41 bits per heavy atom. The molecule has 2 aliphatic rings. The lowest BCUT2D eigenvalue weighted by Gasteiger charge is -2.50. The first-order valence-electron chi connectivity index (χ1n) is 6.37. The van der Waals surface area contributed by atoms with Gasteiger partial charge in [0.2, 0.25) is 0 Å². The van der Waals surface area contributed by atoms with Gasteiger partial charge in [-0.2, -0.15) is 5.26 Å². The van der Waals surface area contributed by atoms with Crippen LogP contribution in [0.15, 0.2) is 18.2 Å². The number of benzene rings is 1. The van der Waals surface area contributed by atoms with Crippen LogP contribution in [-0.4, -0.2) is 7.11 Å². The molecule has 17 heavy (non-hydrogen) atoms. The normalized spacial score (nSPS) is 30.2. The average Bonchev–Trinajstić information content (AvgIpc) is 2.36. The van der Waals surface area contributed by atoms with Gasteiger partial charge >= 0.3 is 0 Å². The Hall–Kier alpha value is -1.49. The van der Waals surface area contributed by atoms with Gasteiger partial charge < -0.3 is 4.74 Å². The first-order chi connectivity index (χ1) is 8.30. The van der Waals surface area contributed by atoms with Crippen molar-refractivity contribution in [3.63, 3.8) is 0 Å². The largest absolute Gasteiger partial charge is 0.497 e. The minimum absolute atomic E-state index is 0.150. The van der Waals surface area contributed by atoms with E-state index in [0.29, 0.717) is 0 Å². The molecule has 0 amide bonds. The molecule has 3 rings (SSSR count). The second-order valence-electron chi connectivity index (χ2n) is 5.25. The molecule has 2 nitrogen and oxygen atoms in total. The van der Waals surface area contributed by atoms with Crippen LogP contribution in [0.3, 0.4) is 0 Å². The van der Waals surface area contributed by atoms with Gasteiger partial charge in [0.05, 0.1) is 19.1 Å². The Morgan fingerprint density at radius 2 is 2.29 bits per heavy atom. The summed E-state index contributed by atoms with van der Waals surface area (Å²) in [5.74, 6) is 1.14. The van der Waals surface area contributed by atoms with E-state index >= 15 is 0 Å². The molecule has 0 radical (unpaired) electrons. The van der Waals surface area contributed by atoms with E-state index in [-0.39, 0.29) is 11.3 Å². The van der Waals surface area contributed by atoms with Gasteiger partial charge in [-0.25, -0.2) is 0 Å². The SMILES string of the molecule is COc1ccc2c(c1)C1(CCC2)CCC1C#N. The van der Waals surface area contributed by atoms with Crippen LogP contribution in [0.4, 0.5) is 0 Å². The summed E-state index contributed by atoms with van der Waals surface area (Å²) in [7, 11) is 1.71. The van der Waals surface area contributed by atoms with E-state index in [1.54, 1.807) is 7.11 Å². The van der Waals surface area contributed by atoms with Crippen molar-refractivity contribution in [2.45, 2.75) is 37.5 Å². The molecular formula is C15H17NO. The molecular weight excluding hydrogens is 210 g/mol. The fraction of sp³-hybridized carbons (Fsp3) is 0.533. The Kier molecular flexibility index (Phi) is 2.36. The molecule has 2 heteroatoms. The van der Waals surface area contributed by atoms with Crippen LogP contribution in [-0.2, 0) is 11.8 Å². The van der Waals surface area contributed by atoms with Crippen LogP contribution in [0.25, 0.3) is 0 Å². The van der Waals surface area contributed by atoms with Crippen LogP contribution < -0.4 is 4.74 Å². The van der Waals surface area contributed by atoms with Gasteiger partial charge in [0.15, 0.2) is 0 Å². The standard InChI is InChI=1S/C15H17NO/c1-17-13-5-4-11-3-2-7-15(14(11)9-13)8-6-12(15)10-16/h4-5,9,12H,2-3,6-8H2,1H3. The highest BCUT2D eigenvalue weighted by Crippen LogP contribution is 2.55. The van der Waals surface area contributed by atoms with Crippen molar-refractivity contribution < 1.29 is 4.74 Å². The van der Waals surface area contributed by atoms with E-state index in [4.69, 9.17) is 4.74 Å². The zero-order chi connectivity index (χ0) is 11.9. The van der Waals surface area contributed by atoms with E-state index in [2.05, 4.69) is 18.2 Å². The predicted molar refractivity (Wildman–Crippen MR) is 65.9 cm³/mol. The number of rotatable bonds is 1. The van der Waals surface area contributed by atoms with Crippen LogP contribution in [0.1, 0.15) is 36.8 Å². The highest BCUT2D eigenvalue weighted by molar-refractivity contribution is 5.45. The lowest BCUT2D eigenvalue weighted by molar-refractivity contribution is 0.143. The highest BCUT2D eigenvalue weighted by atomic mass is 16.5. The molecule has 2 atom stereocenters. The van der Waals surface area contributed by atoms with Crippen molar-refractivity contribution in [1.29, 1.82) is 5.26 Å². The van der Waals surface area contributed by atoms with Gasteiger partial charge in [0.25, 0.3) is 0 Å². The zero-order valence-electron chi connectivity index (χ0n) is 10.2. The highest BCUT2D eigenvalue weighted by Gasteiger charge is 2.50. The maximum Gasteiger partial charge on any atom is 0.119 e. The molecule has 0 aromatic heterocycles. The first-order valence-corrected chi connectivity index (χ1v) is 6.37. The Balaban J connectivity index is 2.10. The lowest BCUT2D eigenvalue weighted by Crippen LogP contribution is -2.46. The summed E-state index contributed by atoms with van der Waals surface area (Å²) in [6.45, 7) is 0. The Bertz CT molecular complexity index is 488. The third-order valence-corrected chi connectivity index (χ3v) is 4.62. The maximum atomic E-state index is 9.27. The van der Waals surface area contributed by atoms with E-state index in [1.807, 2.05) is 6.07 Å². The topological polar surface area (TPSA) is 33.0 Å². The van der Waals surface area contributed by atoms with Gasteiger partial charge in [-0.3, -0.25) is 0 Å². The number of hydrogen-bond donors (Lipinski definition) is 0. The third kappa shape index (κ3) is 1.38. The summed E-state index contributed by atoms with van der Waals surface area (Å²) in [6.07, 6.45) is 5.78. The van der Waals surface area contributed by atoms with E-state index < -0.39 is 0 Å². The number of fused-ring (bicyclic) bond motifs is 2. The minimum atomic E-state index is 0.150. The molecule has 2 unspecified atom stereocenters. The van der Waals surface area contributed by atoms with E-state index in [9.17, 15) is 5.26 Å². The smallest absolute Gasteiger partial charge is 0.119 e. The molecule has 1 aromatic carbocycles. The van der Waals surface area contributed by atoms with Crippen LogP contribution in [0.5, 0.6) is 5.75 Å². The van der Waals surface area contributed by atoms with Gasteiger partial charge in [0.1, 0.15) is 5.75 Å². The van der Waals surface area contributed by atoms with Gasteiger partial charge in [0, 0.05) is 5.41 Å². The number of aryl methyl sites for hydroxylation is 1. The number of hydrogen-bond acceptors (Lipinski definition) is 2. The van der Waals surface area contributed by atoms with Crippen molar-refractivity contribution in [3.8, 4) is 11.8 Å². The molecule has 1 saturated carbocycles. The summed E-state index contributed by atoms with van der Waals surface area (Å²) < 4.78 is 5.33. The first kappa shape index (κ1) is 10.7. The van der Waals surface area contributed by atoms with Gasteiger partial charge in [-0.15, -0.1) is 0 Å². The number of methoxy groups -OCH3 is 1. The lowest BCUT2D eigenvalue weighted by atomic mass is 9.52. The van der Waals surface area contributed by atoms with Gasteiger partial charge in [-0.05, 0) is 55.4 Å². The van der Waals surface area contributed by atoms with Gasteiger partial charge in [-0.1, -0.05) is 6.07 Å². The number of nitrogens with zero attached hydrogens (tertiary/aromatic N) is 1. The molecule has 88 valence electrons. The minimum Gasteiger partial charge on any atom is -0.497 e. The number of nitriles is 1. The molecule has 1 spiro atoms. The predicted octanol–water partition coefficient (Wildman–Crippen LogP) is 3.20. The Morgan fingerprint density at radius 3 is 2.94 bits per heavy atom. The summed E-state index contributed by atoms with van der Waals surface area (Å²) in [4.78, 5) is 0. The summed E-state index contributed by atoms with van der Waals surface area (Å²) in [5, 5.41) is 9.27. The number of ether oxygens (including phenoxy) is 1. The molecule has 0 N–H and O–H groups in total. The summed E-state index contributed by atoms with van der Waals surface area (Å²) in [5.41, 5.74) is 2.97. The van der Waals surface area contributed by atoms with Crippen LogP contribution in [0, 0.1) is 17.2 Å². The molecule has 0 bridgehead atoms. The van der Waals surface area contributed by atoms with Crippen molar-refractivity contribution in [1.82, 2.24) is 0 Å². The third-order valence-electron chi connectivity index (χ3n) is 4.62. The molecule has 1 aromatic rings. The zero-order valence-corrected chi connectivity index (χ0v) is 10.2. The second kappa shape index (κ2) is 3.77. The molecule has 0 saturated heterocycles.